The summed E-state index contributed by atoms with van der Waals surface area (Å²) in [5, 5.41) is 9.30. The Morgan fingerprint density at radius 1 is 1.16 bits per heavy atom. The predicted octanol–water partition coefficient (Wildman–Crippen LogP) is 2.12. The average Bonchev–Trinajstić information content (AvgIpc) is 2.73. The molecule has 0 aromatic carbocycles. The largest absolute Gasteiger partial charge is 0.475 e. The zero-order chi connectivity index (χ0) is 22.4. The molecule has 3 heterocycles. The van der Waals surface area contributed by atoms with E-state index in [1.165, 1.54) is 18.3 Å². The highest BCUT2D eigenvalue weighted by Gasteiger charge is 2.19. The van der Waals surface area contributed by atoms with Crippen LogP contribution < -0.4 is 14.8 Å². The lowest BCUT2D eigenvalue weighted by atomic mass is 10.2. The van der Waals surface area contributed by atoms with Gasteiger partial charge in [-0.25, -0.2) is 4.98 Å². The van der Waals surface area contributed by atoms with Gasteiger partial charge < -0.3 is 24.4 Å². The minimum Gasteiger partial charge on any atom is -0.475 e. The van der Waals surface area contributed by atoms with Crippen LogP contribution in [0.4, 0.5) is 0 Å². The van der Waals surface area contributed by atoms with E-state index in [1.54, 1.807) is 17.0 Å². The molecule has 0 saturated carbocycles. The average molecular weight is 446 g/mol. The number of nitrogens with zero attached hydrogens (tertiary/aromatic N) is 3. The van der Waals surface area contributed by atoms with E-state index in [9.17, 15) is 9.59 Å². The third kappa shape index (κ3) is 6.40. The van der Waals surface area contributed by atoms with E-state index in [4.69, 9.17) is 19.6 Å². The number of amides is 2. The van der Waals surface area contributed by atoms with E-state index >= 15 is 0 Å². The third-order valence-corrected chi connectivity index (χ3v) is 4.23. The number of morpholine rings is 1. The number of ether oxygens (including phenoxy) is 3. The number of carbonyl (C=O) groups is 2. The maximum absolute atomic E-state index is 12.5. The Hall–Kier alpha value is -3.18. The van der Waals surface area contributed by atoms with E-state index in [0.717, 1.165) is 0 Å². The third-order valence-electron chi connectivity index (χ3n) is 4.12. The van der Waals surface area contributed by atoms with Crippen molar-refractivity contribution in [3.63, 3.8) is 0 Å². The summed E-state index contributed by atoms with van der Waals surface area (Å²) in [4.78, 5) is 34.9. The van der Waals surface area contributed by atoms with E-state index in [-0.39, 0.29) is 40.4 Å². The molecule has 1 fully saturated rings. The number of thiol groups is 1. The highest BCUT2D eigenvalue weighted by Crippen LogP contribution is 2.24. The molecule has 0 atom stereocenters. The molecule has 11 heteroatoms. The Labute approximate surface area is 184 Å². The Morgan fingerprint density at radius 3 is 2.48 bits per heavy atom. The van der Waals surface area contributed by atoms with E-state index in [0.29, 0.717) is 31.9 Å². The van der Waals surface area contributed by atoms with Gasteiger partial charge in [-0.3, -0.25) is 15.0 Å². The topological polar surface area (TPSA) is 127 Å². The van der Waals surface area contributed by atoms with Gasteiger partial charge >= 0.3 is 0 Å². The van der Waals surface area contributed by atoms with Gasteiger partial charge in [0.05, 0.1) is 30.4 Å². The van der Waals surface area contributed by atoms with Crippen molar-refractivity contribution in [2.75, 3.05) is 26.3 Å². The smallest absolute Gasteiger partial charge is 0.257 e. The van der Waals surface area contributed by atoms with E-state index in [1.807, 2.05) is 13.8 Å². The minimum absolute atomic E-state index is 0.0775. The molecule has 10 nitrogen and oxygen atoms in total. The summed E-state index contributed by atoms with van der Waals surface area (Å²) in [5.41, 5.74) is 0.616. The fourth-order valence-corrected chi connectivity index (χ4v) is 2.87. The molecule has 0 unspecified atom stereocenters. The van der Waals surface area contributed by atoms with Crippen molar-refractivity contribution < 1.29 is 23.8 Å². The van der Waals surface area contributed by atoms with Gasteiger partial charge in [0.2, 0.25) is 17.6 Å². The molecule has 31 heavy (non-hydrogen) atoms. The molecule has 0 spiro atoms. The van der Waals surface area contributed by atoms with Crippen LogP contribution in [0.1, 0.15) is 34.6 Å². The highest BCUT2D eigenvalue weighted by atomic mass is 32.1. The molecule has 2 aromatic heterocycles. The number of hydrogen-bond donors (Lipinski definition) is 3. The quantitative estimate of drug-likeness (QED) is 0.353. The Bertz CT molecular complexity index is 961. The van der Waals surface area contributed by atoms with Crippen LogP contribution in [-0.4, -0.2) is 64.3 Å². The first kappa shape index (κ1) is 22.5. The molecular weight excluding hydrogens is 422 g/mol. The second-order valence-electron chi connectivity index (χ2n) is 6.89. The molecule has 2 amide bonds. The first-order valence-corrected chi connectivity index (χ1v) is 10.0. The minimum atomic E-state index is -0.555. The summed E-state index contributed by atoms with van der Waals surface area (Å²) in [6.45, 7) is 5.76. The zero-order valence-electron chi connectivity index (χ0n) is 17.1. The van der Waals surface area contributed by atoms with E-state index in [2.05, 4.69) is 27.9 Å². The summed E-state index contributed by atoms with van der Waals surface area (Å²) in [7, 11) is 0. The van der Waals surface area contributed by atoms with Crippen LogP contribution in [-0.2, 0) is 4.74 Å². The number of carbonyl (C=O) groups excluding carboxylic acids is 2. The molecule has 164 valence electrons. The van der Waals surface area contributed by atoms with Crippen LogP contribution in [0, 0.1) is 5.41 Å². The fourth-order valence-electron chi connectivity index (χ4n) is 2.77. The maximum Gasteiger partial charge on any atom is 0.257 e. The van der Waals surface area contributed by atoms with Crippen molar-refractivity contribution in [3.8, 4) is 17.6 Å². The monoisotopic (exact) mass is 445 g/mol. The normalized spacial score (nSPS) is 13.6. The second-order valence-corrected chi connectivity index (χ2v) is 7.34. The summed E-state index contributed by atoms with van der Waals surface area (Å²) in [6, 6.07) is 6.00. The van der Waals surface area contributed by atoms with Gasteiger partial charge in [0.1, 0.15) is 0 Å². The molecule has 3 rings (SSSR count). The van der Waals surface area contributed by atoms with Gasteiger partial charge in [0, 0.05) is 37.5 Å². The molecule has 0 bridgehead atoms. The van der Waals surface area contributed by atoms with Crippen molar-refractivity contribution in [1.29, 1.82) is 5.41 Å². The lowest BCUT2D eigenvalue weighted by Crippen LogP contribution is -2.40. The Morgan fingerprint density at radius 2 is 1.87 bits per heavy atom. The SMILES string of the molecule is CC(C)Oc1cc(C(=O)NC(=N)S)cc(Oc2ccc(C(=O)N3CCOCC3)cn2)n1. The van der Waals surface area contributed by atoms with Crippen molar-refractivity contribution in [3.05, 3.63) is 41.6 Å². The Kier molecular flexibility index (Phi) is 7.42. The van der Waals surface area contributed by atoms with Gasteiger partial charge in [0.25, 0.3) is 11.8 Å². The first-order valence-electron chi connectivity index (χ1n) is 9.60. The number of pyridine rings is 2. The van der Waals surface area contributed by atoms with Gasteiger partial charge in [-0.15, -0.1) is 12.6 Å². The molecule has 1 saturated heterocycles. The summed E-state index contributed by atoms with van der Waals surface area (Å²) in [6.07, 6.45) is 1.25. The Balaban J connectivity index is 1.77. The summed E-state index contributed by atoms with van der Waals surface area (Å²) < 4.78 is 16.5. The van der Waals surface area contributed by atoms with Crippen molar-refractivity contribution in [2.45, 2.75) is 20.0 Å². The van der Waals surface area contributed by atoms with Crippen molar-refractivity contribution in [1.82, 2.24) is 20.2 Å². The van der Waals surface area contributed by atoms with Gasteiger partial charge in [-0.05, 0) is 19.9 Å². The van der Waals surface area contributed by atoms with Crippen LogP contribution in [0.2, 0.25) is 0 Å². The molecule has 1 aliphatic rings. The second kappa shape index (κ2) is 10.2. The van der Waals surface area contributed by atoms with Crippen LogP contribution >= 0.6 is 12.6 Å². The first-order chi connectivity index (χ1) is 14.8. The molecule has 0 aliphatic carbocycles. The molecule has 2 aromatic rings. The molecule has 1 aliphatic heterocycles. The maximum atomic E-state index is 12.5. The highest BCUT2D eigenvalue weighted by molar-refractivity contribution is 7.96. The number of rotatable bonds is 6. The van der Waals surface area contributed by atoms with Gasteiger partial charge in [0.15, 0.2) is 5.17 Å². The number of nitrogens with one attached hydrogen (secondary N) is 2. The van der Waals surface area contributed by atoms with Crippen molar-refractivity contribution in [2.24, 2.45) is 0 Å². The van der Waals surface area contributed by atoms with Gasteiger partial charge in [-0.1, -0.05) is 0 Å². The van der Waals surface area contributed by atoms with Gasteiger partial charge in [-0.2, -0.15) is 4.98 Å². The van der Waals surface area contributed by atoms with Crippen LogP contribution in [0.25, 0.3) is 0 Å². The van der Waals surface area contributed by atoms with Crippen molar-refractivity contribution >= 4 is 29.6 Å². The lowest BCUT2D eigenvalue weighted by molar-refractivity contribution is 0.0302. The van der Waals surface area contributed by atoms with E-state index < -0.39 is 5.91 Å². The molecule has 2 N–H and O–H groups in total. The number of hydrogen-bond acceptors (Lipinski definition) is 8. The standard InChI is InChI=1S/C20H23N5O5S/c1-12(2)29-16-9-14(18(26)24-20(21)31)10-17(23-16)30-15-4-3-13(11-22-15)19(27)25-5-7-28-8-6-25/h3-4,9-12H,5-8H2,1-2H3,(H3,21,24,26,31). The molecular formula is C20H23N5O5S. The van der Waals surface area contributed by atoms with Crippen LogP contribution in [0.3, 0.4) is 0 Å². The predicted molar refractivity (Wildman–Crippen MR) is 115 cm³/mol. The molecule has 0 radical (unpaired) electrons. The summed E-state index contributed by atoms with van der Waals surface area (Å²) in [5.74, 6) is -0.224. The van der Waals surface area contributed by atoms with Crippen LogP contribution in [0.5, 0.6) is 17.6 Å². The number of amidine groups is 1. The zero-order valence-corrected chi connectivity index (χ0v) is 18.0. The fraction of sp³-hybridized carbons (Fsp3) is 0.350. The van der Waals surface area contributed by atoms with Crippen LogP contribution in [0.15, 0.2) is 30.5 Å². The lowest BCUT2D eigenvalue weighted by Gasteiger charge is -2.26. The summed E-state index contributed by atoms with van der Waals surface area (Å²) >= 11 is 3.76. The number of aromatic nitrogens is 2.